The van der Waals surface area contributed by atoms with Gasteiger partial charge in [-0.15, -0.1) is 0 Å². The molecule has 1 heterocycles. The molecule has 0 spiro atoms. The minimum atomic E-state index is -0.817. The molecule has 2 bridgehead atoms. The molecule has 0 amide bonds. The number of carboxylic acids is 1. The fraction of sp³-hybridized carbons (Fsp3) is 0.750. The van der Waals surface area contributed by atoms with Gasteiger partial charge in [0.15, 0.2) is 0 Å². The van der Waals surface area contributed by atoms with E-state index in [-0.39, 0.29) is 23.9 Å². The van der Waals surface area contributed by atoms with Crippen LogP contribution in [0.2, 0.25) is 0 Å². The van der Waals surface area contributed by atoms with Crippen LogP contribution in [0.5, 0.6) is 0 Å². The van der Waals surface area contributed by atoms with Gasteiger partial charge in [-0.25, -0.2) is 4.68 Å². The molecule has 0 saturated heterocycles. The van der Waals surface area contributed by atoms with Crippen LogP contribution < -0.4 is 10.9 Å². The summed E-state index contributed by atoms with van der Waals surface area (Å²) in [5.74, 6) is 1.21. The highest BCUT2D eigenvalue weighted by Gasteiger charge is 2.56. The molecule has 1 aromatic heterocycles. The zero-order chi connectivity index (χ0) is 19.5. The summed E-state index contributed by atoms with van der Waals surface area (Å²) in [6.07, 6.45) is 5.90. The first-order chi connectivity index (χ1) is 12.7. The number of rotatable bonds is 5. The van der Waals surface area contributed by atoms with E-state index in [0.717, 1.165) is 36.8 Å². The van der Waals surface area contributed by atoms with Gasteiger partial charge < -0.3 is 10.4 Å². The van der Waals surface area contributed by atoms with Crippen molar-refractivity contribution in [2.24, 2.45) is 29.1 Å². The largest absolute Gasteiger partial charge is 0.481 e. The van der Waals surface area contributed by atoms with E-state index in [9.17, 15) is 9.59 Å². The summed E-state index contributed by atoms with van der Waals surface area (Å²) in [6.45, 7) is 7.07. The summed E-state index contributed by atoms with van der Waals surface area (Å²) < 4.78 is 1.97. The van der Waals surface area contributed by atoms with Crippen LogP contribution in [-0.4, -0.2) is 26.9 Å². The minimum absolute atomic E-state index is 0.00822. The Morgan fingerprint density at radius 1 is 1.41 bits per heavy atom. The number of hydrogen-bond donors (Lipinski definition) is 2. The second-order valence-electron chi connectivity index (χ2n) is 9.33. The molecule has 4 fully saturated rings. The maximum Gasteiger partial charge on any atom is 0.303 e. The van der Waals surface area contributed by atoms with Gasteiger partial charge in [-0.3, -0.25) is 9.59 Å². The Balaban J connectivity index is 1.50. The lowest BCUT2D eigenvalue weighted by Crippen LogP contribution is -2.58. The Bertz CT molecular complexity index is 821. The maximum absolute atomic E-state index is 12.8. The predicted octanol–water partition coefficient (Wildman–Crippen LogP) is 3.91. The molecule has 6 atom stereocenters. The van der Waals surface area contributed by atoms with Crippen molar-refractivity contribution in [2.75, 3.05) is 5.32 Å². The van der Waals surface area contributed by atoms with E-state index in [1.807, 2.05) is 0 Å². The molecule has 4 saturated carbocycles. The first kappa shape index (κ1) is 19.0. The van der Waals surface area contributed by atoms with Gasteiger partial charge in [0, 0.05) is 6.04 Å². The molecule has 27 heavy (non-hydrogen) atoms. The van der Waals surface area contributed by atoms with Crippen LogP contribution in [0.15, 0.2) is 15.5 Å². The first-order valence-electron chi connectivity index (χ1n) is 9.95. The van der Waals surface area contributed by atoms with Crippen molar-refractivity contribution in [2.45, 2.75) is 65.0 Å². The van der Waals surface area contributed by atoms with Crippen molar-refractivity contribution in [3.8, 4) is 0 Å². The van der Waals surface area contributed by atoms with Gasteiger partial charge in [0.05, 0.1) is 24.3 Å². The van der Waals surface area contributed by atoms with Gasteiger partial charge in [-0.1, -0.05) is 20.8 Å². The fourth-order valence-corrected chi connectivity index (χ4v) is 6.06. The van der Waals surface area contributed by atoms with E-state index in [2.05, 4.69) is 47.1 Å². The fourth-order valence-electron chi connectivity index (χ4n) is 5.66. The van der Waals surface area contributed by atoms with E-state index < -0.39 is 5.97 Å². The van der Waals surface area contributed by atoms with Crippen molar-refractivity contribution >= 4 is 27.6 Å². The van der Waals surface area contributed by atoms with Crippen LogP contribution in [0.3, 0.4) is 0 Å². The molecule has 2 N–H and O–H groups in total. The third-order valence-corrected chi connectivity index (χ3v) is 8.53. The topological polar surface area (TPSA) is 84.2 Å². The number of anilines is 1. The second kappa shape index (κ2) is 6.61. The van der Waals surface area contributed by atoms with Crippen molar-refractivity contribution in [1.82, 2.24) is 9.78 Å². The molecule has 4 aliphatic carbocycles. The number of aliphatic carboxylic acids is 1. The molecule has 0 aromatic carbocycles. The van der Waals surface area contributed by atoms with Crippen LogP contribution in [0.4, 0.5) is 5.69 Å². The van der Waals surface area contributed by atoms with Gasteiger partial charge in [-0.05, 0) is 70.7 Å². The number of nitrogens with zero attached hydrogens (tertiary/aromatic N) is 2. The van der Waals surface area contributed by atoms with E-state index in [1.54, 1.807) is 6.20 Å². The van der Waals surface area contributed by atoms with E-state index in [0.29, 0.717) is 21.8 Å². The third-order valence-electron chi connectivity index (χ3n) is 7.77. The lowest BCUT2D eigenvalue weighted by Gasteiger charge is -2.62. The highest BCUT2D eigenvalue weighted by atomic mass is 79.9. The summed E-state index contributed by atoms with van der Waals surface area (Å²) >= 11 is 3.47. The Labute approximate surface area is 167 Å². The summed E-state index contributed by atoms with van der Waals surface area (Å²) in [5, 5.41) is 17.0. The molecule has 5 rings (SSSR count). The average molecular weight is 438 g/mol. The molecular weight excluding hydrogens is 410 g/mol. The highest BCUT2D eigenvalue weighted by molar-refractivity contribution is 9.10. The zero-order valence-electron chi connectivity index (χ0n) is 16.1. The minimum Gasteiger partial charge on any atom is -0.481 e. The Kier molecular flexibility index (Phi) is 4.64. The number of aromatic nitrogens is 2. The Hall–Kier alpha value is -1.37. The highest BCUT2D eigenvalue weighted by Crippen LogP contribution is 2.61. The number of fused-ring (bicyclic) bond motifs is 2. The van der Waals surface area contributed by atoms with Crippen LogP contribution in [0.25, 0.3) is 0 Å². The molecule has 1 aromatic rings. The second-order valence-corrected chi connectivity index (χ2v) is 10.1. The summed E-state index contributed by atoms with van der Waals surface area (Å²) in [7, 11) is 0. The van der Waals surface area contributed by atoms with Gasteiger partial charge in [0.1, 0.15) is 4.47 Å². The number of carboxylic acid groups (broad SMARTS) is 1. The molecule has 0 aliphatic heterocycles. The zero-order valence-corrected chi connectivity index (χ0v) is 17.7. The molecule has 2 unspecified atom stereocenters. The number of halogens is 1. The summed E-state index contributed by atoms with van der Waals surface area (Å²) in [5.41, 5.74) is 1.01. The van der Waals surface area contributed by atoms with Crippen molar-refractivity contribution < 1.29 is 9.90 Å². The van der Waals surface area contributed by atoms with E-state index >= 15 is 0 Å². The first-order valence-corrected chi connectivity index (χ1v) is 10.7. The Morgan fingerprint density at radius 2 is 2.15 bits per heavy atom. The van der Waals surface area contributed by atoms with Gasteiger partial charge in [0.2, 0.25) is 0 Å². The number of nitrogens with one attached hydrogen (secondary N) is 1. The van der Waals surface area contributed by atoms with Crippen LogP contribution >= 0.6 is 15.9 Å². The van der Waals surface area contributed by atoms with Crippen LogP contribution in [0, 0.1) is 29.1 Å². The van der Waals surface area contributed by atoms with E-state index in [4.69, 9.17) is 5.11 Å². The Morgan fingerprint density at radius 3 is 2.70 bits per heavy atom. The molecular formula is C20H28BrN3O3. The molecule has 0 radical (unpaired) electrons. The van der Waals surface area contributed by atoms with Gasteiger partial charge in [-0.2, -0.15) is 5.10 Å². The smallest absolute Gasteiger partial charge is 0.303 e. The number of hydrogen-bond acceptors (Lipinski definition) is 4. The predicted molar refractivity (Wildman–Crippen MR) is 107 cm³/mol. The molecule has 4 aliphatic rings. The number of carbonyl (C=O) groups is 1. The monoisotopic (exact) mass is 437 g/mol. The van der Waals surface area contributed by atoms with Crippen molar-refractivity contribution in [3.63, 3.8) is 0 Å². The quantitative estimate of drug-likeness (QED) is 0.728. The lowest BCUT2D eigenvalue weighted by molar-refractivity contribution is -0.139. The third kappa shape index (κ3) is 3.02. The summed E-state index contributed by atoms with van der Waals surface area (Å²) in [4.78, 5) is 23.8. The SMILES string of the molecule is C[C@H]1[C@H]2C[C@H](C[C@H]1Nc1cnn(C3CCC3CC(=O)O)c(=O)c1Br)C2(C)C. The molecule has 148 valence electrons. The lowest BCUT2D eigenvalue weighted by atomic mass is 9.45. The van der Waals surface area contributed by atoms with Gasteiger partial charge in [0.25, 0.3) is 5.56 Å². The van der Waals surface area contributed by atoms with Crippen LogP contribution in [0.1, 0.15) is 58.9 Å². The average Bonchev–Trinajstić information content (AvgIpc) is 2.59. The van der Waals surface area contributed by atoms with Crippen molar-refractivity contribution in [3.05, 3.63) is 21.0 Å². The van der Waals surface area contributed by atoms with E-state index in [1.165, 1.54) is 11.1 Å². The normalized spacial score (nSPS) is 36.4. The van der Waals surface area contributed by atoms with Gasteiger partial charge >= 0.3 is 5.97 Å². The molecule has 6 nitrogen and oxygen atoms in total. The van der Waals surface area contributed by atoms with Crippen molar-refractivity contribution in [1.29, 1.82) is 0 Å². The maximum atomic E-state index is 12.8. The molecule has 7 heteroatoms. The standard InChI is InChI=1S/C20H28BrN3O3/c1-10-13-7-12(20(13,2)3)8-14(10)23-15-9-22-24(19(27)18(15)21)16-5-4-11(16)6-17(25)26/h9-14,16,23H,4-8H2,1-3H3,(H,25,26)/t10-,11?,12+,13+,14+,16?/m0/s1. The summed E-state index contributed by atoms with van der Waals surface area (Å²) in [6, 6.07) is 0.250. The van der Waals surface area contributed by atoms with Crippen LogP contribution in [-0.2, 0) is 4.79 Å².